The van der Waals surface area contributed by atoms with E-state index in [9.17, 15) is 9.90 Å². The Morgan fingerprint density at radius 3 is 2.32 bits per heavy atom. The van der Waals surface area contributed by atoms with Crippen LogP contribution in [0.25, 0.3) is 10.9 Å². The molecule has 2 aromatic rings. The van der Waals surface area contributed by atoms with E-state index in [1.807, 2.05) is 65.9 Å². The third-order valence-corrected chi connectivity index (χ3v) is 5.81. The third-order valence-electron chi connectivity index (χ3n) is 5.81. The van der Waals surface area contributed by atoms with E-state index >= 15 is 0 Å². The summed E-state index contributed by atoms with van der Waals surface area (Å²) in [6.45, 7) is 9.97. The van der Waals surface area contributed by atoms with Crippen LogP contribution in [0.15, 0.2) is 24.3 Å². The highest BCUT2D eigenvalue weighted by atomic mass is 16.7. The molecule has 3 rings (SSSR count). The summed E-state index contributed by atoms with van der Waals surface area (Å²) in [4.78, 5) is 11.6. The number of carboxylic acid groups (broad SMARTS) is 1. The molecule has 2 heterocycles. The van der Waals surface area contributed by atoms with Gasteiger partial charge in [0.1, 0.15) is 0 Å². The van der Waals surface area contributed by atoms with Gasteiger partial charge >= 0.3 is 13.1 Å². The minimum atomic E-state index is -0.855. The fourth-order valence-corrected chi connectivity index (χ4v) is 3.59. The summed E-state index contributed by atoms with van der Waals surface area (Å²) in [5.41, 5.74) is 2.14. The van der Waals surface area contributed by atoms with E-state index in [1.54, 1.807) is 0 Å². The Kier molecular flexibility index (Phi) is 4.24. The number of aromatic nitrogens is 1. The van der Waals surface area contributed by atoms with Crippen LogP contribution in [-0.4, -0.2) is 34.0 Å². The van der Waals surface area contributed by atoms with Gasteiger partial charge in [0.15, 0.2) is 0 Å². The Balaban J connectivity index is 2.13. The quantitative estimate of drug-likeness (QED) is 0.861. The third kappa shape index (κ3) is 2.87. The number of aryl methyl sites for hydroxylation is 1. The summed E-state index contributed by atoms with van der Waals surface area (Å²) in [5, 5.41) is 10.6. The van der Waals surface area contributed by atoms with Crippen molar-refractivity contribution in [1.29, 1.82) is 0 Å². The second kappa shape index (κ2) is 5.89. The van der Waals surface area contributed by atoms with Gasteiger partial charge in [0.25, 0.3) is 0 Å². The minimum absolute atomic E-state index is 0.0360. The lowest BCUT2D eigenvalue weighted by Gasteiger charge is -2.32. The van der Waals surface area contributed by atoms with Crippen LogP contribution in [0, 0.1) is 6.92 Å². The molecule has 0 amide bonds. The van der Waals surface area contributed by atoms with Crippen LogP contribution < -0.4 is 0 Å². The zero-order valence-corrected chi connectivity index (χ0v) is 15.8. The first-order valence-corrected chi connectivity index (χ1v) is 8.66. The van der Waals surface area contributed by atoms with E-state index in [0.29, 0.717) is 0 Å². The van der Waals surface area contributed by atoms with Crippen molar-refractivity contribution in [3.05, 3.63) is 35.5 Å². The molecule has 1 fully saturated rings. The van der Waals surface area contributed by atoms with Crippen molar-refractivity contribution in [1.82, 2.24) is 4.57 Å². The molecule has 1 aromatic heterocycles. The lowest BCUT2D eigenvalue weighted by molar-refractivity contribution is -0.137. The summed E-state index contributed by atoms with van der Waals surface area (Å²) >= 11 is 0. The number of fused-ring (bicyclic) bond motifs is 1. The van der Waals surface area contributed by atoms with E-state index in [2.05, 4.69) is 4.57 Å². The predicted octanol–water partition coefficient (Wildman–Crippen LogP) is 3.68. The number of hydrogen-bond acceptors (Lipinski definition) is 3. The van der Waals surface area contributed by atoms with Gasteiger partial charge in [0, 0.05) is 29.5 Å². The molecule has 0 radical (unpaired) electrons. The molecule has 1 atom stereocenters. The van der Waals surface area contributed by atoms with Gasteiger partial charge in [-0.05, 0) is 46.2 Å². The first-order valence-electron chi connectivity index (χ1n) is 8.66. The number of rotatable bonds is 4. The summed E-state index contributed by atoms with van der Waals surface area (Å²) in [6.07, 6.45) is -0.0360. The van der Waals surface area contributed by atoms with Crippen LogP contribution in [0.3, 0.4) is 0 Å². The molecule has 5 nitrogen and oxygen atoms in total. The number of hydrogen-bond donors (Lipinski definition) is 1. The molecule has 1 aliphatic rings. The van der Waals surface area contributed by atoms with Crippen LogP contribution in [0.1, 0.15) is 51.2 Å². The van der Waals surface area contributed by atoms with E-state index in [1.165, 1.54) is 0 Å². The topological polar surface area (TPSA) is 60.7 Å². The van der Waals surface area contributed by atoms with Gasteiger partial charge in [-0.25, -0.2) is 0 Å². The zero-order valence-electron chi connectivity index (χ0n) is 15.8. The maximum absolute atomic E-state index is 11.6. The second-order valence-corrected chi connectivity index (χ2v) is 7.90. The Hall–Kier alpha value is -1.79. The Morgan fingerprint density at radius 1 is 1.20 bits per heavy atom. The number of aliphatic carboxylic acids is 1. The zero-order chi connectivity index (χ0) is 18.6. The van der Waals surface area contributed by atoms with Crippen molar-refractivity contribution in [2.24, 2.45) is 7.05 Å². The molecule has 1 unspecified atom stereocenters. The lowest BCUT2D eigenvalue weighted by Crippen LogP contribution is -2.41. The number of nitrogens with zero attached hydrogens (tertiary/aromatic N) is 1. The van der Waals surface area contributed by atoms with Gasteiger partial charge in [-0.1, -0.05) is 18.2 Å². The van der Waals surface area contributed by atoms with Crippen molar-refractivity contribution in [3.63, 3.8) is 0 Å². The smallest absolute Gasteiger partial charge is 0.466 e. The molecule has 25 heavy (non-hydrogen) atoms. The molecule has 0 bridgehead atoms. The first kappa shape index (κ1) is 18.0. The highest BCUT2D eigenvalue weighted by molar-refractivity contribution is 6.48. The fourth-order valence-electron chi connectivity index (χ4n) is 3.59. The predicted molar refractivity (Wildman–Crippen MR) is 98.7 cm³/mol. The van der Waals surface area contributed by atoms with Gasteiger partial charge in [-0.3, -0.25) is 4.79 Å². The van der Waals surface area contributed by atoms with Crippen LogP contribution in [0.4, 0.5) is 0 Å². The molecule has 6 heteroatoms. The van der Waals surface area contributed by atoms with Crippen LogP contribution >= 0.6 is 0 Å². The molecule has 1 aliphatic heterocycles. The summed E-state index contributed by atoms with van der Waals surface area (Å²) < 4.78 is 14.5. The monoisotopic (exact) mass is 343 g/mol. The molecule has 134 valence electrons. The Bertz CT molecular complexity index is 808. The number of carboxylic acids is 1. The first-order chi connectivity index (χ1) is 11.5. The number of para-hydroxylation sites is 1. The number of benzene rings is 1. The maximum atomic E-state index is 11.6. The van der Waals surface area contributed by atoms with Gasteiger partial charge < -0.3 is 19.0 Å². The second-order valence-electron chi connectivity index (χ2n) is 7.90. The van der Waals surface area contributed by atoms with Crippen molar-refractivity contribution in [2.75, 3.05) is 0 Å². The molecular formula is C19H26BNO4. The number of carbonyl (C=O) groups is 1. The van der Waals surface area contributed by atoms with Crippen molar-refractivity contribution in [3.8, 4) is 0 Å². The molecule has 0 spiro atoms. The van der Waals surface area contributed by atoms with Gasteiger partial charge in [-0.2, -0.15) is 0 Å². The van der Waals surface area contributed by atoms with Gasteiger partial charge in [0.2, 0.25) is 0 Å². The molecule has 0 aliphatic carbocycles. The normalized spacial score (nSPS) is 20.2. The van der Waals surface area contributed by atoms with E-state index in [-0.39, 0.29) is 12.2 Å². The Morgan fingerprint density at radius 2 is 1.76 bits per heavy atom. The van der Waals surface area contributed by atoms with E-state index in [4.69, 9.17) is 9.31 Å². The largest absolute Gasteiger partial charge is 0.481 e. The fraction of sp³-hybridized carbons (Fsp3) is 0.526. The van der Waals surface area contributed by atoms with Crippen LogP contribution in [-0.2, 0) is 21.2 Å². The van der Waals surface area contributed by atoms with Crippen LogP contribution in [0.5, 0.6) is 0 Å². The lowest BCUT2D eigenvalue weighted by atomic mass is 9.65. The van der Waals surface area contributed by atoms with Gasteiger partial charge in [0.05, 0.1) is 17.6 Å². The summed E-state index contributed by atoms with van der Waals surface area (Å²) in [7, 11) is 1.41. The standard InChI is InChI=1S/C19H26BNO4/c1-12-17(13-9-7-8-10-15(13)21(12)6)14(11-16(22)23)20-24-18(2,3)19(4,5)25-20/h7-10,14H,11H2,1-6H3,(H,22,23). The summed E-state index contributed by atoms with van der Waals surface area (Å²) in [6, 6.07) is 8.06. The molecule has 1 saturated heterocycles. The highest BCUT2D eigenvalue weighted by Crippen LogP contribution is 2.44. The average Bonchev–Trinajstić information content (AvgIpc) is 2.88. The maximum Gasteiger partial charge on any atom is 0.466 e. The molecular weight excluding hydrogens is 317 g/mol. The average molecular weight is 343 g/mol. The molecule has 1 aromatic carbocycles. The van der Waals surface area contributed by atoms with Crippen molar-refractivity contribution >= 4 is 24.0 Å². The van der Waals surface area contributed by atoms with Crippen molar-refractivity contribution in [2.45, 2.75) is 58.1 Å². The summed E-state index contributed by atoms with van der Waals surface area (Å²) in [5.74, 6) is -1.23. The molecule has 1 N–H and O–H groups in total. The highest BCUT2D eigenvalue weighted by Gasteiger charge is 2.54. The Labute approximate surface area is 149 Å². The van der Waals surface area contributed by atoms with Crippen molar-refractivity contribution < 1.29 is 19.2 Å². The minimum Gasteiger partial charge on any atom is -0.481 e. The SMILES string of the molecule is Cc1c(C(CC(=O)O)B2OC(C)(C)C(C)(C)O2)c2ccccc2n1C. The van der Waals surface area contributed by atoms with Gasteiger partial charge in [-0.15, -0.1) is 0 Å². The van der Waals surface area contributed by atoms with Crippen LogP contribution in [0.2, 0.25) is 0 Å². The van der Waals surface area contributed by atoms with E-state index in [0.717, 1.165) is 22.2 Å². The van der Waals surface area contributed by atoms with E-state index < -0.39 is 24.3 Å². The molecule has 0 saturated carbocycles.